The van der Waals surface area contributed by atoms with E-state index in [0.717, 1.165) is 17.7 Å². The molecule has 0 aliphatic rings. The summed E-state index contributed by atoms with van der Waals surface area (Å²) in [7, 11) is -3.10. The molecule has 3 aromatic rings. The number of carbonyl (C=O) groups is 2. The van der Waals surface area contributed by atoms with Crippen LogP contribution in [0.5, 0.6) is 5.75 Å². The molecule has 0 fully saturated rings. The summed E-state index contributed by atoms with van der Waals surface area (Å²) in [6.07, 6.45) is -4.08. The van der Waals surface area contributed by atoms with E-state index in [4.69, 9.17) is 16.3 Å². The predicted octanol–water partition coefficient (Wildman–Crippen LogP) is 6.59. The van der Waals surface area contributed by atoms with Gasteiger partial charge in [0.15, 0.2) is 0 Å². The van der Waals surface area contributed by atoms with Crippen molar-refractivity contribution >= 4 is 39.1 Å². The van der Waals surface area contributed by atoms with Gasteiger partial charge in [-0.1, -0.05) is 55.3 Å². The third-order valence-electron chi connectivity index (χ3n) is 7.31. The molecule has 2 atom stereocenters. The Morgan fingerprint density at radius 1 is 1.00 bits per heavy atom. The minimum Gasteiger partial charge on any atom is -0.497 e. The van der Waals surface area contributed by atoms with Crippen LogP contribution in [0.4, 0.5) is 18.9 Å². The fourth-order valence-electron chi connectivity index (χ4n) is 4.58. The van der Waals surface area contributed by atoms with E-state index in [1.807, 2.05) is 13.8 Å². The van der Waals surface area contributed by atoms with Gasteiger partial charge in [-0.05, 0) is 74.7 Å². The van der Waals surface area contributed by atoms with E-state index in [1.165, 1.54) is 36.3 Å². The van der Waals surface area contributed by atoms with Gasteiger partial charge in [0, 0.05) is 12.6 Å². The molecular weight excluding hydrogens is 631 g/mol. The van der Waals surface area contributed by atoms with E-state index >= 15 is 0 Å². The summed E-state index contributed by atoms with van der Waals surface area (Å²) in [6, 6.07) is 13.9. The van der Waals surface area contributed by atoms with Gasteiger partial charge in [0.25, 0.3) is 10.0 Å². The van der Waals surface area contributed by atoms with Crippen molar-refractivity contribution in [3.8, 4) is 5.75 Å². The zero-order valence-corrected chi connectivity index (χ0v) is 27.3. The Kier molecular flexibility index (Phi) is 11.9. The van der Waals surface area contributed by atoms with Crippen LogP contribution in [0.3, 0.4) is 0 Å². The lowest BCUT2D eigenvalue weighted by atomic mass is 10.1. The summed E-state index contributed by atoms with van der Waals surface area (Å²) in [5, 5.41) is 2.24. The van der Waals surface area contributed by atoms with E-state index in [-0.39, 0.29) is 23.9 Å². The number of nitrogens with one attached hydrogen (secondary N) is 1. The van der Waals surface area contributed by atoms with Gasteiger partial charge in [-0.2, -0.15) is 13.2 Å². The van der Waals surface area contributed by atoms with E-state index in [1.54, 1.807) is 38.1 Å². The van der Waals surface area contributed by atoms with Crippen LogP contribution >= 0.6 is 11.6 Å². The van der Waals surface area contributed by atoms with Crippen LogP contribution in [0.1, 0.15) is 50.3 Å². The number of carbonyl (C=O) groups excluding carboxylic acids is 2. The summed E-state index contributed by atoms with van der Waals surface area (Å²) in [6.45, 7) is 6.16. The summed E-state index contributed by atoms with van der Waals surface area (Å²) in [5.41, 5.74) is -0.328. The fourth-order valence-corrected chi connectivity index (χ4v) is 6.21. The second-order valence-electron chi connectivity index (χ2n) is 10.6. The quantitative estimate of drug-likeness (QED) is 0.222. The number of halogens is 4. The highest BCUT2D eigenvalue weighted by molar-refractivity contribution is 7.92. The number of aryl methyl sites for hydroxylation is 1. The number of hydrogen-bond acceptors (Lipinski definition) is 5. The molecule has 0 spiro atoms. The van der Waals surface area contributed by atoms with Gasteiger partial charge in [0.2, 0.25) is 11.8 Å². The van der Waals surface area contributed by atoms with Crippen LogP contribution in [0.25, 0.3) is 0 Å². The molecule has 45 heavy (non-hydrogen) atoms. The highest BCUT2D eigenvalue weighted by atomic mass is 35.5. The summed E-state index contributed by atoms with van der Waals surface area (Å²) >= 11 is 5.84. The first kappa shape index (κ1) is 35.7. The highest BCUT2D eigenvalue weighted by Crippen LogP contribution is 2.38. The first-order valence-electron chi connectivity index (χ1n) is 14.3. The Labute approximate surface area is 267 Å². The van der Waals surface area contributed by atoms with Gasteiger partial charge in [0.05, 0.1) is 28.3 Å². The maximum atomic E-state index is 14.2. The summed E-state index contributed by atoms with van der Waals surface area (Å²) in [4.78, 5) is 28.6. The van der Waals surface area contributed by atoms with Crippen LogP contribution in [-0.4, -0.2) is 50.9 Å². The van der Waals surface area contributed by atoms with Gasteiger partial charge in [0.1, 0.15) is 18.3 Å². The number of anilines is 1. The van der Waals surface area contributed by atoms with Crippen LogP contribution in [0, 0.1) is 6.92 Å². The molecule has 0 radical (unpaired) electrons. The molecule has 0 heterocycles. The zero-order chi connectivity index (χ0) is 33.5. The van der Waals surface area contributed by atoms with Crippen molar-refractivity contribution in [3.05, 3.63) is 88.4 Å². The Morgan fingerprint density at radius 2 is 1.67 bits per heavy atom. The molecule has 244 valence electrons. The first-order valence-corrected chi connectivity index (χ1v) is 16.1. The van der Waals surface area contributed by atoms with Crippen LogP contribution in [-0.2, 0) is 32.3 Å². The predicted molar refractivity (Wildman–Crippen MR) is 168 cm³/mol. The summed E-state index contributed by atoms with van der Waals surface area (Å²) < 4.78 is 75.4. The molecule has 0 aromatic heterocycles. The molecule has 0 saturated carbocycles. The van der Waals surface area contributed by atoms with E-state index in [9.17, 15) is 31.2 Å². The molecule has 13 heteroatoms. The number of amides is 2. The monoisotopic (exact) mass is 667 g/mol. The fraction of sp³-hybridized carbons (Fsp3) is 0.375. The molecular formula is C32H37ClF3N3O5S. The standard InChI is InChI=1S/C32H37ClF3N3O5S/c1-6-22(4)37-31(41)29(7-2)38(19-23-9-8-10-25(17-23)44-5)30(40)20-39(45(42,43)26-14-11-21(3)12-15-26)24-13-16-28(33)27(18-24)32(34,35)36/h8-18,22,29H,6-7,19-20H2,1-5H3,(H,37,41)/t22-,29-/m1/s1. The largest absolute Gasteiger partial charge is 0.497 e. The normalized spacial score (nSPS) is 13.1. The summed E-state index contributed by atoms with van der Waals surface area (Å²) in [5.74, 6) is -0.744. The number of sulfonamides is 1. The molecule has 0 aliphatic heterocycles. The van der Waals surface area contributed by atoms with E-state index in [0.29, 0.717) is 28.1 Å². The Bertz CT molecular complexity index is 1600. The molecule has 0 aliphatic carbocycles. The molecule has 1 N–H and O–H groups in total. The minimum atomic E-state index is -4.89. The molecule has 0 saturated heterocycles. The lowest BCUT2D eigenvalue weighted by molar-refractivity contribution is -0.140. The Morgan fingerprint density at radius 3 is 2.24 bits per heavy atom. The van der Waals surface area contributed by atoms with E-state index in [2.05, 4.69) is 5.32 Å². The number of rotatable bonds is 13. The van der Waals surface area contributed by atoms with Crippen LogP contribution < -0.4 is 14.4 Å². The smallest absolute Gasteiger partial charge is 0.417 e. The zero-order valence-electron chi connectivity index (χ0n) is 25.7. The average Bonchev–Trinajstić information content (AvgIpc) is 2.99. The topological polar surface area (TPSA) is 96.0 Å². The van der Waals surface area contributed by atoms with Gasteiger partial charge < -0.3 is 15.0 Å². The third kappa shape index (κ3) is 8.91. The van der Waals surface area contributed by atoms with Gasteiger partial charge in [-0.25, -0.2) is 8.42 Å². The number of nitrogens with zero attached hydrogens (tertiary/aromatic N) is 2. The molecule has 0 unspecified atom stereocenters. The van der Waals surface area contributed by atoms with Gasteiger partial charge in [-0.15, -0.1) is 0 Å². The molecule has 3 aromatic carbocycles. The SMILES string of the molecule is CC[C@@H](C)NC(=O)[C@@H](CC)N(Cc1cccc(OC)c1)C(=O)CN(c1ccc(Cl)c(C(F)(F)F)c1)S(=O)(=O)c1ccc(C)cc1. The lowest BCUT2D eigenvalue weighted by Gasteiger charge is -2.34. The third-order valence-corrected chi connectivity index (χ3v) is 9.42. The number of benzene rings is 3. The van der Waals surface area contributed by atoms with Gasteiger partial charge in [-0.3, -0.25) is 13.9 Å². The lowest BCUT2D eigenvalue weighted by Crippen LogP contribution is -2.53. The highest BCUT2D eigenvalue weighted by Gasteiger charge is 2.37. The molecule has 0 bridgehead atoms. The second-order valence-corrected chi connectivity index (χ2v) is 12.9. The van der Waals surface area contributed by atoms with Crippen molar-refractivity contribution < 1.29 is 35.9 Å². The number of methoxy groups -OCH3 is 1. The van der Waals surface area contributed by atoms with Crippen molar-refractivity contribution in [3.63, 3.8) is 0 Å². The number of hydrogen-bond donors (Lipinski definition) is 1. The van der Waals surface area contributed by atoms with Gasteiger partial charge >= 0.3 is 6.18 Å². The second kappa shape index (κ2) is 15.0. The van der Waals surface area contributed by atoms with E-state index < -0.39 is 56.9 Å². The van der Waals surface area contributed by atoms with Crippen molar-refractivity contribution in [2.24, 2.45) is 0 Å². The average molecular weight is 668 g/mol. The molecule has 8 nitrogen and oxygen atoms in total. The van der Waals surface area contributed by atoms with Crippen molar-refractivity contribution in [1.82, 2.24) is 10.2 Å². The number of ether oxygens (including phenoxy) is 1. The van der Waals surface area contributed by atoms with Crippen LogP contribution in [0.15, 0.2) is 71.6 Å². The van der Waals surface area contributed by atoms with Crippen molar-refractivity contribution in [2.75, 3.05) is 18.0 Å². The maximum absolute atomic E-state index is 14.2. The molecule has 3 rings (SSSR count). The Hall–Kier alpha value is -3.77. The maximum Gasteiger partial charge on any atom is 0.417 e. The minimum absolute atomic E-state index is 0.102. The van der Waals surface area contributed by atoms with Crippen LogP contribution in [0.2, 0.25) is 5.02 Å². The Balaban J connectivity index is 2.16. The van der Waals surface area contributed by atoms with Crippen molar-refractivity contribution in [2.45, 2.75) is 70.2 Å². The van der Waals surface area contributed by atoms with Crippen molar-refractivity contribution in [1.29, 1.82) is 0 Å². The first-order chi connectivity index (χ1) is 21.1. The number of alkyl halides is 3. The molecule has 2 amide bonds.